The summed E-state index contributed by atoms with van der Waals surface area (Å²) in [6, 6.07) is 8.99. The highest BCUT2D eigenvalue weighted by molar-refractivity contribution is 9.10. The molecule has 2 aromatic rings. The average Bonchev–Trinajstić information content (AvgIpc) is 2.79. The Balaban J connectivity index is 2.04. The van der Waals surface area contributed by atoms with E-state index in [0.717, 1.165) is 43.5 Å². The Labute approximate surface area is 174 Å². The number of alkyl halides is 6. The molecule has 0 atom stereocenters. The Morgan fingerprint density at radius 2 is 1.17 bits per heavy atom. The van der Waals surface area contributed by atoms with E-state index in [4.69, 9.17) is 9.47 Å². The number of carbonyl (C=O) groups excluding carboxylic acids is 1. The summed E-state index contributed by atoms with van der Waals surface area (Å²) in [5, 5.41) is 0. The van der Waals surface area contributed by atoms with Crippen LogP contribution in [0, 0.1) is 0 Å². The quantitative estimate of drug-likeness (QED) is 0.386. The lowest BCUT2D eigenvalue weighted by molar-refractivity contribution is -0.273. The fraction of sp³-hybridized carbons (Fsp3) is 0.211. The van der Waals surface area contributed by atoms with Gasteiger partial charge in [0.2, 0.25) is 11.5 Å². The predicted octanol–water partition coefficient (Wildman–Crippen LogP) is 5.82. The van der Waals surface area contributed by atoms with Gasteiger partial charge in [0.1, 0.15) is 11.5 Å². The van der Waals surface area contributed by atoms with Gasteiger partial charge in [-0.15, -0.1) is 0 Å². The summed E-state index contributed by atoms with van der Waals surface area (Å²) in [5.74, 6) is -22.2. The Kier molecular flexibility index (Phi) is 5.52. The Bertz CT molecular complexity index is 987. The summed E-state index contributed by atoms with van der Waals surface area (Å²) in [6.07, 6.45) is 0. The van der Waals surface area contributed by atoms with Crippen LogP contribution in [0.5, 0.6) is 11.5 Å². The first-order valence-electron chi connectivity index (χ1n) is 8.10. The van der Waals surface area contributed by atoms with Gasteiger partial charge in [0, 0.05) is 4.47 Å². The van der Waals surface area contributed by atoms with Gasteiger partial charge in [-0.3, -0.25) is 0 Å². The minimum atomic E-state index is -5.80. The lowest BCUT2D eigenvalue weighted by atomic mass is 10.1. The van der Waals surface area contributed by atoms with Crippen LogP contribution in [0.25, 0.3) is 0 Å². The van der Waals surface area contributed by atoms with Crippen LogP contribution in [0.1, 0.15) is 10.4 Å². The molecule has 0 bridgehead atoms. The first-order chi connectivity index (χ1) is 13.9. The summed E-state index contributed by atoms with van der Waals surface area (Å²) in [6.45, 7) is 0. The molecule has 1 aliphatic rings. The molecule has 2 aromatic carbocycles. The summed E-state index contributed by atoms with van der Waals surface area (Å²) < 4.78 is 99.3. The minimum Gasteiger partial charge on any atom is -0.465 e. The number of methoxy groups -OCH3 is 1. The molecule has 0 heterocycles. The van der Waals surface area contributed by atoms with Crippen molar-refractivity contribution < 1.29 is 45.3 Å². The van der Waals surface area contributed by atoms with Gasteiger partial charge in [-0.1, -0.05) is 15.9 Å². The highest BCUT2D eigenvalue weighted by atomic mass is 79.9. The molecule has 3 rings (SSSR count). The molecule has 0 aliphatic heterocycles. The third-order valence-electron chi connectivity index (χ3n) is 4.09. The van der Waals surface area contributed by atoms with Crippen molar-refractivity contribution in [2.75, 3.05) is 7.11 Å². The molecule has 4 nitrogen and oxygen atoms in total. The van der Waals surface area contributed by atoms with Gasteiger partial charge in [-0.25, -0.2) is 4.79 Å². The molecule has 0 unspecified atom stereocenters. The molecule has 11 heteroatoms. The first-order valence-corrected chi connectivity index (χ1v) is 8.89. The van der Waals surface area contributed by atoms with Gasteiger partial charge >= 0.3 is 23.7 Å². The molecule has 0 fully saturated rings. The van der Waals surface area contributed by atoms with Crippen molar-refractivity contribution in [3.8, 4) is 11.5 Å². The molecule has 0 saturated heterocycles. The monoisotopic (exact) mass is 496 g/mol. The second kappa shape index (κ2) is 7.53. The molecule has 0 N–H and O–H groups in total. The molecule has 160 valence electrons. The fourth-order valence-corrected chi connectivity index (χ4v) is 2.77. The van der Waals surface area contributed by atoms with E-state index < -0.39 is 41.0 Å². The van der Waals surface area contributed by atoms with Gasteiger partial charge in [0.15, 0.2) is 0 Å². The SMILES string of the molecule is COC(=O)c1ccc(OC2=C(Oc3ccc(Br)cc3)C(F)(F)C(F)(F)C2(F)F)cc1. The average molecular weight is 497 g/mol. The molecule has 0 radical (unpaired) electrons. The molecule has 1 aliphatic carbocycles. The van der Waals surface area contributed by atoms with Crippen LogP contribution in [0.15, 0.2) is 64.5 Å². The van der Waals surface area contributed by atoms with Crippen molar-refractivity contribution in [1.82, 2.24) is 0 Å². The van der Waals surface area contributed by atoms with Gasteiger partial charge < -0.3 is 14.2 Å². The maximum Gasteiger partial charge on any atom is 0.387 e. The zero-order valence-electron chi connectivity index (χ0n) is 14.9. The van der Waals surface area contributed by atoms with E-state index in [1.807, 2.05) is 0 Å². The van der Waals surface area contributed by atoms with Crippen LogP contribution in [0.2, 0.25) is 0 Å². The van der Waals surface area contributed by atoms with Crippen molar-refractivity contribution in [3.05, 3.63) is 70.1 Å². The number of rotatable bonds is 5. The standard InChI is InChI=1S/C19H11BrF6O4/c1-28-16(27)10-2-6-12(7-3-10)29-14-15(30-13-8-4-11(20)5-9-13)18(23,24)19(25,26)17(14,21)22/h2-9H,1H3. The highest BCUT2D eigenvalue weighted by Gasteiger charge is 2.83. The lowest BCUT2D eigenvalue weighted by Gasteiger charge is -2.24. The van der Waals surface area contributed by atoms with Crippen LogP contribution in [-0.4, -0.2) is 30.8 Å². The molecular weight excluding hydrogens is 486 g/mol. The Hall–Kier alpha value is -2.69. The van der Waals surface area contributed by atoms with E-state index in [0.29, 0.717) is 4.47 Å². The number of ether oxygens (including phenoxy) is 3. The van der Waals surface area contributed by atoms with Crippen LogP contribution < -0.4 is 9.47 Å². The highest BCUT2D eigenvalue weighted by Crippen LogP contribution is 2.59. The van der Waals surface area contributed by atoms with Crippen molar-refractivity contribution >= 4 is 21.9 Å². The van der Waals surface area contributed by atoms with Gasteiger partial charge in [0.25, 0.3) is 0 Å². The number of carbonyl (C=O) groups is 1. The number of halogens is 7. The molecule has 30 heavy (non-hydrogen) atoms. The maximum atomic E-state index is 14.3. The van der Waals surface area contributed by atoms with Gasteiger partial charge in [0.05, 0.1) is 12.7 Å². The Morgan fingerprint density at radius 1 is 0.767 bits per heavy atom. The zero-order chi connectivity index (χ0) is 22.3. The normalized spacial score (nSPS) is 18.8. The third-order valence-corrected chi connectivity index (χ3v) is 4.62. The second-order valence-corrected chi connectivity index (χ2v) is 6.97. The van der Waals surface area contributed by atoms with Crippen molar-refractivity contribution in [3.63, 3.8) is 0 Å². The van der Waals surface area contributed by atoms with Gasteiger partial charge in [-0.2, -0.15) is 26.3 Å². The topological polar surface area (TPSA) is 44.8 Å². The molecule has 0 saturated carbocycles. The van der Waals surface area contributed by atoms with Crippen molar-refractivity contribution in [2.24, 2.45) is 0 Å². The number of allylic oxidation sites excluding steroid dienone is 2. The number of hydrogen-bond acceptors (Lipinski definition) is 4. The van der Waals surface area contributed by atoms with Crippen LogP contribution in [-0.2, 0) is 4.74 Å². The minimum absolute atomic E-state index is 0.000919. The van der Waals surface area contributed by atoms with E-state index in [9.17, 15) is 31.1 Å². The van der Waals surface area contributed by atoms with Crippen LogP contribution in [0.4, 0.5) is 26.3 Å². The summed E-state index contributed by atoms with van der Waals surface area (Å²) in [5.41, 5.74) is -0.000919. The molecular formula is C19H11BrF6O4. The van der Waals surface area contributed by atoms with E-state index in [1.165, 1.54) is 12.1 Å². The van der Waals surface area contributed by atoms with Crippen molar-refractivity contribution in [2.45, 2.75) is 17.8 Å². The van der Waals surface area contributed by atoms with E-state index >= 15 is 0 Å². The number of benzene rings is 2. The van der Waals surface area contributed by atoms with E-state index in [-0.39, 0.29) is 11.3 Å². The molecule has 0 spiro atoms. The van der Waals surface area contributed by atoms with Crippen LogP contribution >= 0.6 is 15.9 Å². The first kappa shape index (κ1) is 22.0. The zero-order valence-corrected chi connectivity index (χ0v) is 16.5. The third kappa shape index (κ3) is 3.51. The smallest absolute Gasteiger partial charge is 0.387 e. The van der Waals surface area contributed by atoms with Crippen LogP contribution in [0.3, 0.4) is 0 Å². The largest absolute Gasteiger partial charge is 0.465 e. The van der Waals surface area contributed by atoms with E-state index in [2.05, 4.69) is 20.7 Å². The fourth-order valence-electron chi connectivity index (χ4n) is 2.50. The van der Waals surface area contributed by atoms with E-state index in [1.54, 1.807) is 0 Å². The maximum absolute atomic E-state index is 14.3. The van der Waals surface area contributed by atoms with Crippen molar-refractivity contribution in [1.29, 1.82) is 0 Å². The predicted molar refractivity (Wildman–Crippen MR) is 95.0 cm³/mol. The number of esters is 1. The van der Waals surface area contributed by atoms with Gasteiger partial charge in [-0.05, 0) is 48.5 Å². The lowest BCUT2D eigenvalue weighted by Crippen LogP contribution is -2.50. The summed E-state index contributed by atoms with van der Waals surface area (Å²) >= 11 is 3.08. The molecule has 0 amide bonds. The summed E-state index contributed by atoms with van der Waals surface area (Å²) in [4.78, 5) is 11.4. The number of hydrogen-bond donors (Lipinski definition) is 0. The summed E-state index contributed by atoms with van der Waals surface area (Å²) in [7, 11) is 1.10. The Morgan fingerprint density at radius 3 is 1.57 bits per heavy atom. The molecule has 0 aromatic heterocycles. The second-order valence-electron chi connectivity index (χ2n) is 6.06.